The van der Waals surface area contributed by atoms with Gasteiger partial charge in [0.05, 0.1) is 18.2 Å². The van der Waals surface area contributed by atoms with Crippen LogP contribution < -0.4 is 64.6 Å². The Morgan fingerprint density at radius 1 is 0.628 bits per heavy atom. The number of aromatic hydroxyl groups is 1. The van der Waals surface area contributed by atoms with E-state index in [-0.39, 0.29) is 145 Å². The van der Waals surface area contributed by atoms with Gasteiger partial charge >= 0.3 is 0 Å². The van der Waals surface area contributed by atoms with Gasteiger partial charge in [-0.3, -0.25) is 53.4 Å². The fraction of sp³-hybridized carbons (Fsp3) is 0.440. The van der Waals surface area contributed by atoms with E-state index in [1.165, 1.54) is 66.8 Å². The molecule has 2 saturated heterocycles. The number of carbonyl (C=O) groups is 10. The molecule has 30 heteroatoms. The number of unbranched alkanes of at least 4 members (excludes halogenated alkanes) is 1. The molecule has 0 bridgehead atoms. The number of aliphatic hydroxyl groups excluding tert-OH is 1. The Bertz CT molecular complexity index is 4860. The van der Waals surface area contributed by atoms with Crippen molar-refractivity contribution in [2.24, 2.45) is 17.4 Å². The Hall–Kier alpha value is -11.9. The second kappa shape index (κ2) is 43.9. The maximum Gasteiger partial charge on any atom is 0.245 e. The zero-order valence-electron chi connectivity index (χ0n) is 69.0. The van der Waals surface area contributed by atoms with Gasteiger partial charge in [-0.15, -0.1) is 0 Å². The number of fused-ring (bicyclic) bond motifs is 3. The minimum absolute atomic E-state index is 0.0121. The summed E-state index contributed by atoms with van der Waals surface area (Å²) < 4.78 is 14.4. The number of ketones is 1. The standard InChI is InChI=1S/C91H116FN17O12/c1-55(110)83-90(121)103-75(45-60-31-35-64(92)36-32-60)80(113)30-12-6-11-26-72(99-52-65(43-59-33-37-66(112)38-34-59)100-81(114)39-42-109(56(2)111)54-61-44-69-68-24-17-28-71-82(68)63(51-98-71)49-79(69)108(3)53-61)84(115)101-74(29-18-41-96-91(94)95)85(116)104-76(46-57-19-7-4-8-20-57)87(118)105-77(47-58-21-9-5-10-22-58)88(119)106-78(48-62-50-97-70-25-14-13-23-67(62)70)89(120)102-73(86(117)107-83)27-15-16-40-93/h4-5,7-10,13-14,17,19-25,28,31-38,50-51,55,61,65,69,72-79,83,97-99,110,112H,6,11-12,15-16,18,26-27,29-30,39-49,52-54,93H2,1-3H3,(H,100,114)(H,101,115)(H,102,120)(H,103,121)(H,104,116)(H,105,118)(H,106,119)(H,107,117)(H4,94,95,96)/t55-,61-,65-,69-,72-,73+,74+,75+,76+,77+,78-,79-,83+/m1/s1. The number of para-hydroxylation sites is 1. The van der Waals surface area contributed by atoms with E-state index < -0.39 is 113 Å². The van der Waals surface area contributed by atoms with E-state index in [0.29, 0.717) is 65.0 Å². The van der Waals surface area contributed by atoms with Crippen LogP contribution in [0.1, 0.15) is 136 Å². The third-order valence-corrected chi connectivity index (χ3v) is 23.4. The minimum atomic E-state index is -1.72. The summed E-state index contributed by atoms with van der Waals surface area (Å²) in [7, 11) is 2.14. The molecule has 13 atom stereocenters. The molecular formula is C91H116FN17O12. The fourth-order valence-corrected chi connectivity index (χ4v) is 16.9. The molecule has 1 aliphatic carbocycles. The number of amides is 9. The molecule has 11 rings (SSSR count). The molecule has 644 valence electrons. The summed E-state index contributed by atoms with van der Waals surface area (Å²) in [5.41, 5.74) is 19.1. The van der Waals surface area contributed by atoms with Gasteiger partial charge in [-0.1, -0.05) is 128 Å². The average Bonchev–Trinajstić information content (AvgIpc) is 1.65. The normalized spacial score (nSPS) is 22.7. The van der Waals surface area contributed by atoms with Gasteiger partial charge in [0.1, 0.15) is 47.8 Å². The maximum atomic E-state index is 15.5. The van der Waals surface area contributed by atoms with Crippen LogP contribution in [0.15, 0.2) is 164 Å². The summed E-state index contributed by atoms with van der Waals surface area (Å²) in [5, 5.41) is 60.9. The van der Waals surface area contributed by atoms with Gasteiger partial charge in [-0.25, -0.2) is 4.39 Å². The van der Waals surface area contributed by atoms with Gasteiger partial charge in [0.15, 0.2) is 11.7 Å². The van der Waals surface area contributed by atoms with Crippen LogP contribution in [0.3, 0.4) is 0 Å². The summed E-state index contributed by atoms with van der Waals surface area (Å²) in [6.07, 6.45) is 5.00. The van der Waals surface area contributed by atoms with Gasteiger partial charge in [0, 0.05) is 124 Å². The number of benzene rings is 6. The molecule has 29 nitrogen and oxygen atoms in total. The highest BCUT2D eigenvalue weighted by Crippen LogP contribution is 2.44. The highest BCUT2D eigenvalue weighted by molar-refractivity contribution is 5.99. The Kier molecular flexibility index (Phi) is 32.6. The Balaban J connectivity index is 0.908. The highest BCUT2D eigenvalue weighted by atomic mass is 19.1. The average molecular weight is 1660 g/mol. The van der Waals surface area contributed by atoms with Crippen molar-refractivity contribution in [3.63, 3.8) is 0 Å². The summed E-state index contributed by atoms with van der Waals surface area (Å²) in [6.45, 7) is 4.35. The third kappa shape index (κ3) is 25.8. The number of nitrogens with two attached hydrogens (primary N) is 2. The number of likely N-dealkylation sites (N-methyl/N-ethyl adjacent to an activating group) is 1. The first-order chi connectivity index (χ1) is 58.3. The molecule has 2 aromatic heterocycles. The van der Waals surface area contributed by atoms with Crippen molar-refractivity contribution in [1.82, 2.24) is 72.9 Å². The second-order valence-electron chi connectivity index (χ2n) is 32.5. The van der Waals surface area contributed by atoms with Crippen molar-refractivity contribution in [2.45, 2.75) is 202 Å². The van der Waals surface area contributed by atoms with Crippen molar-refractivity contribution < 1.29 is 62.5 Å². The minimum Gasteiger partial charge on any atom is -0.508 e. The number of phenols is 1. The number of nitrogens with zero attached hydrogens (tertiary/aromatic N) is 2. The van der Waals surface area contributed by atoms with Gasteiger partial charge < -0.3 is 94.6 Å². The van der Waals surface area contributed by atoms with Crippen LogP contribution in [0, 0.1) is 17.1 Å². The predicted octanol–water partition coefficient (Wildman–Crippen LogP) is 5.05. The number of Topliss-reactive ketones (excluding diaryl/α,β-unsaturated/α-hetero) is 1. The summed E-state index contributed by atoms with van der Waals surface area (Å²) >= 11 is 0. The molecule has 9 amide bonds. The van der Waals surface area contributed by atoms with Gasteiger partial charge in [-0.2, -0.15) is 0 Å². The SMILES string of the molecule is CC(=O)N(CCC(=O)N[C@@H](CN[C@@H]1CCCCCC(=O)[C@H](Cc2ccc(F)cc2)NC(=O)[C@H]([C@@H](C)O)NC(=O)[C@H](CCCCN)NC(=O)[C@@H](Cc2c[nH]c3ccccc23)NC(=O)[C@H](Cc2ccccc2)NC(=O)[C@H](Cc2ccccc2)NC(=O)[C@H](CCCNC(=N)N)NC1=O)Cc1ccc(O)cc1)C[C@@H]1C[C@@H]2c3cccc4[nH]cc(c34)C[C@H]2N(C)C1. The fourth-order valence-electron chi connectivity index (χ4n) is 16.9. The van der Waals surface area contributed by atoms with Crippen LogP contribution in [-0.2, 0) is 86.5 Å². The van der Waals surface area contributed by atoms with Crippen LogP contribution >= 0.6 is 0 Å². The molecule has 3 aliphatic rings. The number of carbonyl (C=O) groups excluding carboxylic acids is 10. The summed E-state index contributed by atoms with van der Waals surface area (Å²) in [4.78, 5) is 161. The van der Waals surface area contributed by atoms with Crippen LogP contribution in [0.5, 0.6) is 5.75 Å². The van der Waals surface area contributed by atoms with E-state index in [1.54, 1.807) is 90.0 Å². The Labute approximate surface area is 704 Å². The van der Waals surface area contributed by atoms with Crippen LogP contribution in [0.4, 0.5) is 4.39 Å². The lowest BCUT2D eigenvalue weighted by atomic mass is 9.72. The summed E-state index contributed by atoms with van der Waals surface area (Å²) in [5.74, 6) is -7.39. The lowest BCUT2D eigenvalue weighted by Crippen LogP contribution is -2.62. The number of rotatable bonds is 28. The Morgan fingerprint density at radius 2 is 1.20 bits per heavy atom. The topological polar surface area (TPSA) is 445 Å². The number of aromatic amines is 2. The smallest absolute Gasteiger partial charge is 0.245 e. The van der Waals surface area contributed by atoms with Crippen LogP contribution in [0.2, 0.25) is 0 Å². The van der Waals surface area contributed by atoms with Crippen LogP contribution in [0.25, 0.3) is 21.8 Å². The second-order valence-corrected chi connectivity index (χ2v) is 32.5. The quantitative estimate of drug-likeness (QED) is 0.0173. The van der Waals surface area contributed by atoms with Crippen molar-refractivity contribution in [2.75, 3.05) is 46.3 Å². The molecule has 0 saturated carbocycles. The van der Waals surface area contributed by atoms with E-state index in [9.17, 15) is 38.6 Å². The lowest BCUT2D eigenvalue weighted by Gasteiger charge is -2.46. The van der Waals surface area contributed by atoms with Crippen molar-refractivity contribution >= 4 is 86.7 Å². The zero-order valence-corrected chi connectivity index (χ0v) is 69.0. The molecule has 2 fully saturated rings. The predicted molar refractivity (Wildman–Crippen MR) is 459 cm³/mol. The molecular weight excluding hydrogens is 1540 g/mol. The van der Waals surface area contributed by atoms with Crippen molar-refractivity contribution in [3.8, 4) is 5.75 Å². The zero-order chi connectivity index (χ0) is 86.1. The van der Waals surface area contributed by atoms with Crippen molar-refractivity contribution in [1.29, 1.82) is 5.41 Å². The Morgan fingerprint density at radius 3 is 1.85 bits per heavy atom. The number of H-pyrrole nitrogens is 2. The third-order valence-electron chi connectivity index (χ3n) is 23.4. The first-order valence-corrected chi connectivity index (χ1v) is 42.2. The van der Waals surface area contributed by atoms with Gasteiger partial charge in [0.25, 0.3) is 0 Å². The van der Waals surface area contributed by atoms with E-state index in [4.69, 9.17) is 16.9 Å². The number of halogens is 1. The van der Waals surface area contributed by atoms with Gasteiger partial charge in [-0.05, 0) is 172 Å². The number of aliphatic hydroxyl groups is 1. The summed E-state index contributed by atoms with van der Waals surface area (Å²) in [6, 6.07) is 31.3. The number of piperidine rings is 1. The molecule has 0 spiro atoms. The van der Waals surface area contributed by atoms with E-state index in [2.05, 4.69) is 99.5 Å². The molecule has 8 aromatic rings. The number of hydrogen-bond donors (Lipinski definition) is 17. The lowest BCUT2D eigenvalue weighted by molar-refractivity contribution is -0.136. The maximum absolute atomic E-state index is 15.5. The number of aromatic nitrogens is 2. The first kappa shape index (κ1) is 89.9. The molecule has 4 heterocycles. The highest BCUT2D eigenvalue weighted by Gasteiger charge is 2.42. The molecule has 2 aliphatic heterocycles. The van der Waals surface area contributed by atoms with Crippen LogP contribution in [-0.4, -0.2) is 208 Å². The molecule has 19 N–H and O–H groups in total. The molecule has 0 radical (unpaired) electrons. The number of hydrogen-bond acceptors (Lipinski definition) is 16. The number of likely N-dealkylation sites (tertiary alicyclic amines) is 1. The van der Waals surface area contributed by atoms with E-state index >= 15 is 24.0 Å². The largest absolute Gasteiger partial charge is 0.508 e. The molecule has 121 heavy (non-hydrogen) atoms. The number of guanidine groups is 1. The van der Waals surface area contributed by atoms with Gasteiger partial charge in [0.2, 0.25) is 53.2 Å². The number of nitrogens with one attached hydrogen (secondary N) is 13. The number of phenolic OH excluding ortho intramolecular Hbond substituents is 1. The van der Waals surface area contributed by atoms with E-state index in [0.717, 1.165) is 30.5 Å². The molecule has 0 unspecified atom stereocenters. The molecule has 6 aromatic carbocycles. The van der Waals surface area contributed by atoms with Crippen molar-refractivity contribution in [3.05, 3.63) is 209 Å². The van der Waals surface area contributed by atoms with E-state index in [1.807, 2.05) is 18.2 Å². The first-order valence-electron chi connectivity index (χ1n) is 42.2. The monoisotopic (exact) mass is 1660 g/mol.